The number of nitrogens with one attached hydrogen (secondary N) is 1. The number of nitrogens with zero attached hydrogens (tertiary/aromatic N) is 1. The molecular weight excluding hydrogens is 232 g/mol. The van der Waals surface area contributed by atoms with Crippen molar-refractivity contribution in [3.05, 3.63) is 36.5 Å². The Hall–Kier alpha value is -1.24. The van der Waals surface area contributed by atoms with Crippen LogP contribution in [0, 0.1) is 0 Å². The van der Waals surface area contributed by atoms with Gasteiger partial charge in [0.15, 0.2) is 0 Å². The van der Waals surface area contributed by atoms with Crippen molar-refractivity contribution in [2.45, 2.75) is 0 Å². The molecule has 2 rings (SSSR count). The van der Waals surface area contributed by atoms with Crippen LogP contribution in [0.1, 0.15) is 0 Å². The maximum atomic E-state index is 10.5. The molecule has 0 radical (unpaired) electrons. The van der Waals surface area contributed by atoms with E-state index in [9.17, 15) is 4.21 Å². The highest BCUT2D eigenvalue weighted by molar-refractivity contribution is 7.80. The van der Waals surface area contributed by atoms with Gasteiger partial charge in [-0.1, -0.05) is 6.07 Å². The Morgan fingerprint density at radius 3 is 2.87 bits per heavy atom. The van der Waals surface area contributed by atoms with Crippen molar-refractivity contribution < 1.29 is 8.76 Å². The molecule has 2 aromatic rings. The van der Waals surface area contributed by atoms with E-state index in [4.69, 9.17) is 4.55 Å². The molecule has 0 spiro atoms. The normalized spacial score (nSPS) is 12.3. The lowest BCUT2D eigenvalue weighted by Gasteiger charge is -1.95. The number of thiophene rings is 1. The van der Waals surface area contributed by atoms with Crippen LogP contribution < -0.4 is 4.72 Å². The minimum atomic E-state index is -2.02. The first-order chi connectivity index (χ1) is 7.25. The zero-order chi connectivity index (χ0) is 10.7. The van der Waals surface area contributed by atoms with Crippen LogP contribution in [0.25, 0.3) is 10.6 Å². The summed E-state index contributed by atoms with van der Waals surface area (Å²) in [5, 5.41) is 0.650. The highest BCUT2D eigenvalue weighted by Gasteiger charge is 2.04. The second-order valence-corrected chi connectivity index (χ2v) is 4.52. The van der Waals surface area contributed by atoms with Gasteiger partial charge in [-0.2, -0.15) is 0 Å². The Balaban J connectivity index is 2.24. The van der Waals surface area contributed by atoms with E-state index in [0.717, 1.165) is 10.6 Å². The maximum Gasteiger partial charge on any atom is 0.259 e. The molecule has 1 atom stereocenters. The molecule has 0 bridgehead atoms. The fraction of sp³-hybridized carbons (Fsp3) is 0. The van der Waals surface area contributed by atoms with Gasteiger partial charge in [0.2, 0.25) is 0 Å². The number of hydrogen-bond acceptors (Lipinski definition) is 3. The summed E-state index contributed by atoms with van der Waals surface area (Å²) in [6, 6.07) is 9.26. The van der Waals surface area contributed by atoms with Crippen molar-refractivity contribution in [2.75, 3.05) is 4.72 Å². The molecule has 0 aliphatic rings. The number of pyridine rings is 1. The number of aromatic nitrogens is 1. The standard InChI is InChI=1S/C9H8N2O2S2/c12-15(13)11-9-5-4-8(14-9)7-3-1-2-6-10-7/h1-6,11H,(H,12,13). The second kappa shape index (κ2) is 4.52. The Labute approximate surface area is 93.4 Å². The summed E-state index contributed by atoms with van der Waals surface area (Å²) < 4.78 is 21.6. The Morgan fingerprint density at radius 1 is 1.33 bits per heavy atom. The van der Waals surface area contributed by atoms with Crippen LogP contribution in [0.3, 0.4) is 0 Å². The summed E-state index contributed by atoms with van der Waals surface area (Å²) in [4.78, 5) is 5.15. The maximum absolute atomic E-state index is 10.5. The molecule has 0 saturated carbocycles. The number of rotatable bonds is 3. The molecule has 0 fully saturated rings. The van der Waals surface area contributed by atoms with E-state index in [0.29, 0.717) is 5.00 Å². The SMILES string of the molecule is O=S(O)Nc1ccc(-c2ccccn2)s1. The molecule has 0 amide bonds. The Morgan fingerprint density at radius 2 is 2.20 bits per heavy atom. The van der Waals surface area contributed by atoms with Gasteiger partial charge in [0.05, 0.1) is 10.6 Å². The third-order valence-corrected chi connectivity index (χ3v) is 3.26. The fourth-order valence-corrected chi connectivity index (χ4v) is 2.48. The van der Waals surface area contributed by atoms with Crippen molar-refractivity contribution in [2.24, 2.45) is 0 Å². The van der Waals surface area contributed by atoms with Crippen LogP contribution in [-0.4, -0.2) is 13.7 Å². The van der Waals surface area contributed by atoms with Gasteiger partial charge in [0.1, 0.15) is 5.00 Å². The molecule has 6 heteroatoms. The average molecular weight is 240 g/mol. The topological polar surface area (TPSA) is 62.2 Å². The van der Waals surface area contributed by atoms with Gasteiger partial charge in [-0.3, -0.25) is 14.3 Å². The molecule has 0 aliphatic heterocycles. The molecule has 15 heavy (non-hydrogen) atoms. The molecule has 4 nitrogen and oxygen atoms in total. The van der Waals surface area contributed by atoms with Crippen molar-refractivity contribution >= 4 is 27.6 Å². The zero-order valence-electron chi connectivity index (χ0n) is 7.58. The van der Waals surface area contributed by atoms with Gasteiger partial charge in [-0.05, 0) is 24.3 Å². The smallest absolute Gasteiger partial charge is 0.259 e. The molecule has 0 saturated heterocycles. The second-order valence-electron chi connectivity index (χ2n) is 2.73. The van der Waals surface area contributed by atoms with E-state index in [2.05, 4.69) is 9.71 Å². The molecule has 2 heterocycles. The third kappa shape index (κ3) is 2.62. The number of hydrogen-bond donors (Lipinski definition) is 2. The monoisotopic (exact) mass is 240 g/mol. The summed E-state index contributed by atoms with van der Waals surface area (Å²) in [5.41, 5.74) is 0.860. The van der Waals surface area contributed by atoms with Crippen LogP contribution in [0.5, 0.6) is 0 Å². The molecule has 2 aromatic heterocycles. The van der Waals surface area contributed by atoms with E-state index in [1.165, 1.54) is 11.3 Å². The summed E-state index contributed by atoms with van der Waals surface area (Å²) in [7, 11) is 0. The van der Waals surface area contributed by atoms with Crippen molar-refractivity contribution in [1.82, 2.24) is 4.98 Å². The van der Waals surface area contributed by atoms with Gasteiger partial charge >= 0.3 is 0 Å². The van der Waals surface area contributed by atoms with E-state index < -0.39 is 11.3 Å². The summed E-state index contributed by atoms with van der Waals surface area (Å²) >= 11 is -0.632. The van der Waals surface area contributed by atoms with Crippen LogP contribution in [0.15, 0.2) is 36.5 Å². The van der Waals surface area contributed by atoms with Gasteiger partial charge in [0, 0.05) is 6.20 Å². The highest BCUT2D eigenvalue weighted by Crippen LogP contribution is 2.29. The Bertz CT molecular complexity index is 470. The van der Waals surface area contributed by atoms with E-state index in [-0.39, 0.29) is 0 Å². The summed E-state index contributed by atoms with van der Waals surface area (Å²) in [5.74, 6) is 0. The largest absolute Gasteiger partial charge is 0.289 e. The molecule has 0 aliphatic carbocycles. The number of anilines is 1. The average Bonchev–Trinajstić information content (AvgIpc) is 2.67. The predicted octanol–water partition coefficient (Wildman–Crippen LogP) is 2.36. The minimum Gasteiger partial charge on any atom is -0.289 e. The first-order valence-corrected chi connectivity index (χ1v) is 6.07. The van der Waals surface area contributed by atoms with Gasteiger partial charge in [-0.25, -0.2) is 4.21 Å². The van der Waals surface area contributed by atoms with E-state index >= 15 is 0 Å². The van der Waals surface area contributed by atoms with E-state index in [1.807, 2.05) is 24.3 Å². The lowest BCUT2D eigenvalue weighted by Crippen LogP contribution is -1.99. The van der Waals surface area contributed by atoms with Crippen molar-refractivity contribution in [3.8, 4) is 10.6 Å². The zero-order valence-corrected chi connectivity index (χ0v) is 9.22. The Kier molecular flexibility index (Phi) is 3.10. The molecule has 78 valence electrons. The van der Waals surface area contributed by atoms with Crippen LogP contribution >= 0.6 is 11.3 Å². The summed E-state index contributed by atoms with van der Waals surface area (Å²) in [6.07, 6.45) is 1.71. The molecular formula is C9H8N2O2S2. The van der Waals surface area contributed by atoms with Crippen molar-refractivity contribution in [1.29, 1.82) is 0 Å². The fourth-order valence-electron chi connectivity index (χ4n) is 1.12. The van der Waals surface area contributed by atoms with Gasteiger partial charge in [0.25, 0.3) is 11.3 Å². The van der Waals surface area contributed by atoms with E-state index in [1.54, 1.807) is 12.3 Å². The highest BCUT2D eigenvalue weighted by atomic mass is 32.2. The lowest BCUT2D eigenvalue weighted by molar-refractivity contribution is 0.570. The van der Waals surface area contributed by atoms with Crippen LogP contribution in [-0.2, 0) is 11.3 Å². The molecule has 2 N–H and O–H groups in total. The quantitative estimate of drug-likeness (QED) is 0.809. The molecule has 0 aromatic carbocycles. The van der Waals surface area contributed by atoms with Crippen molar-refractivity contribution in [3.63, 3.8) is 0 Å². The minimum absolute atomic E-state index is 0.650. The predicted molar refractivity (Wildman–Crippen MR) is 61.9 cm³/mol. The van der Waals surface area contributed by atoms with Crippen LogP contribution in [0.4, 0.5) is 5.00 Å². The third-order valence-electron chi connectivity index (χ3n) is 1.71. The lowest BCUT2D eigenvalue weighted by atomic mass is 10.3. The summed E-state index contributed by atoms with van der Waals surface area (Å²) in [6.45, 7) is 0. The van der Waals surface area contributed by atoms with Gasteiger partial charge < -0.3 is 0 Å². The van der Waals surface area contributed by atoms with Crippen LogP contribution in [0.2, 0.25) is 0 Å². The molecule has 1 unspecified atom stereocenters. The first-order valence-electron chi connectivity index (χ1n) is 4.14. The van der Waals surface area contributed by atoms with Gasteiger partial charge in [-0.15, -0.1) is 11.3 Å². The first kappa shape index (κ1) is 10.3.